The number of nitrogens with zero attached hydrogens (tertiary/aromatic N) is 1. The Morgan fingerprint density at radius 1 is 0.950 bits per heavy atom. The molecule has 3 nitrogen and oxygen atoms in total. The summed E-state index contributed by atoms with van der Waals surface area (Å²) < 4.78 is 5.95. The Morgan fingerprint density at radius 2 is 1.75 bits per heavy atom. The maximum absolute atomic E-state index is 9.36. The van der Waals surface area contributed by atoms with Gasteiger partial charge in [0.1, 0.15) is 11.3 Å². The van der Waals surface area contributed by atoms with E-state index in [0.29, 0.717) is 11.5 Å². The molecule has 3 aromatic rings. The van der Waals surface area contributed by atoms with E-state index >= 15 is 0 Å². The first-order valence-electron chi connectivity index (χ1n) is 6.51. The van der Waals surface area contributed by atoms with Gasteiger partial charge in [-0.25, -0.2) is 4.98 Å². The van der Waals surface area contributed by atoms with E-state index in [9.17, 15) is 5.11 Å². The highest BCUT2D eigenvalue weighted by molar-refractivity contribution is 5.84. The van der Waals surface area contributed by atoms with Crippen LogP contribution >= 0.6 is 0 Å². The minimum atomic E-state index is -0.0482. The van der Waals surface area contributed by atoms with Crippen LogP contribution in [0.1, 0.15) is 11.3 Å². The number of aliphatic hydroxyl groups excluding tert-OH is 1. The van der Waals surface area contributed by atoms with Gasteiger partial charge in [0, 0.05) is 16.6 Å². The lowest BCUT2D eigenvalue weighted by Crippen LogP contribution is -1.93. The van der Waals surface area contributed by atoms with E-state index in [4.69, 9.17) is 4.74 Å². The predicted molar refractivity (Wildman–Crippen MR) is 78.9 cm³/mol. The van der Waals surface area contributed by atoms with Crippen LogP contribution in [0.15, 0.2) is 54.6 Å². The molecule has 3 rings (SSSR count). The third kappa shape index (κ3) is 2.36. The Morgan fingerprint density at radius 3 is 2.60 bits per heavy atom. The molecule has 20 heavy (non-hydrogen) atoms. The van der Waals surface area contributed by atoms with E-state index in [-0.39, 0.29) is 6.61 Å². The molecule has 2 aromatic carbocycles. The first-order chi connectivity index (χ1) is 9.78. The van der Waals surface area contributed by atoms with Gasteiger partial charge < -0.3 is 9.84 Å². The van der Waals surface area contributed by atoms with Crippen LogP contribution in [-0.2, 0) is 6.61 Å². The number of hydrogen-bond acceptors (Lipinski definition) is 3. The highest BCUT2D eigenvalue weighted by Crippen LogP contribution is 2.30. The highest BCUT2D eigenvalue weighted by Gasteiger charge is 2.07. The molecule has 0 aliphatic rings. The molecule has 0 fully saturated rings. The fraction of sp³-hybridized carbons (Fsp3) is 0.118. The van der Waals surface area contributed by atoms with E-state index in [1.807, 2.05) is 61.5 Å². The fourth-order valence-corrected chi connectivity index (χ4v) is 2.15. The highest BCUT2D eigenvalue weighted by atomic mass is 16.5. The molecule has 1 aromatic heterocycles. The second-order valence-corrected chi connectivity index (χ2v) is 4.65. The minimum absolute atomic E-state index is 0.0482. The Bertz CT molecular complexity index is 753. The van der Waals surface area contributed by atoms with Crippen molar-refractivity contribution in [3.05, 3.63) is 65.9 Å². The van der Waals surface area contributed by atoms with E-state index in [2.05, 4.69) is 4.98 Å². The molecule has 0 unspecified atom stereocenters. The summed E-state index contributed by atoms with van der Waals surface area (Å²) in [6, 6.07) is 17.3. The van der Waals surface area contributed by atoms with Crippen molar-refractivity contribution in [2.24, 2.45) is 0 Å². The van der Waals surface area contributed by atoms with Crippen molar-refractivity contribution in [2.45, 2.75) is 13.5 Å². The third-order valence-electron chi connectivity index (χ3n) is 3.19. The lowest BCUT2D eigenvalue weighted by atomic mass is 10.2. The number of aromatic nitrogens is 1. The van der Waals surface area contributed by atoms with E-state index in [0.717, 1.165) is 22.2 Å². The minimum Gasteiger partial charge on any atom is -0.455 e. The Balaban J connectivity index is 2.08. The van der Waals surface area contributed by atoms with Crippen molar-refractivity contribution in [1.82, 2.24) is 4.98 Å². The lowest BCUT2D eigenvalue weighted by Gasteiger charge is -2.11. The van der Waals surface area contributed by atoms with Gasteiger partial charge >= 0.3 is 0 Å². The predicted octanol–water partition coefficient (Wildman–Crippen LogP) is 3.83. The molecule has 0 spiro atoms. The van der Waals surface area contributed by atoms with E-state index in [1.165, 1.54) is 0 Å². The van der Waals surface area contributed by atoms with Gasteiger partial charge in [-0.3, -0.25) is 0 Å². The van der Waals surface area contributed by atoms with Crippen LogP contribution in [0.5, 0.6) is 11.5 Å². The Hall–Kier alpha value is -2.39. The van der Waals surface area contributed by atoms with Gasteiger partial charge in [0.15, 0.2) is 5.75 Å². The quantitative estimate of drug-likeness (QED) is 0.782. The van der Waals surface area contributed by atoms with Gasteiger partial charge in [0.2, 0.25) is 0 Å². The number of benzene rings is 2. The second-order valence-electron chi connectivity index (χ2n) is 4.65. The number of hydrogen-bond donors (Lipinski definition) is 1. The van der Waals surface area contributed by atoms with Crippen molar-refractivity contribution in [3.8, 4) is 11.5 Å². The summed E-state index contributed by atoms with van der Waals surface area (Å²) in [4.78, 5) is 4.54. The number of pyridine rings is 1. The van der Waals surface area contributed by atoms with E-state index < -0.39 is 0 Å². The topological polar surface area (TPSA) is 42.4 Å². The van der Waals surface area contributed by atoms with Crippen LogP contribution < -0.4 is 4.74 Å². The number of para-hydroxylation sites is 2. The summed E-state index contributed by atoms with van der Waals surface area (Å²) >= 11 is 0. The smallest absolute Gasteiger partial charge is 0.153 e. The molecule has 1 heterocycles. The average molecular weight is 265 g/mol. The molecule has 0 atom stereocenters. The van der Waals surface area contributed by atoms with Crippen LogP contribution in [0, 0.1) is 6.92 Å². The molecule has 0 bridgehead atoms. The summed E-state index contributed by atoms with van der Waals surface area (Å²) in [5.41, 5.74) is 2.54. The van der Waals surface area contributed by atoms with Gasteiger partial charge in [-0.2, -0.15) is 0 Å². The molecular weight excluding hydrogens is 250 g/mol. The summed E-state index contributed by atoms with van der Waals surface area (Å²) in [6.45, 7) is 1.91. The summed E-state index contributed by atoms with van der Waals surface area (Å²) in [7, 11) is 0. The molecule has 0 saturated carbocycles. The van der Waals surface area contributed by atoms with Crippen molar-refractivity contribution < 1.29 is 9.84 Å². The van der Waals surface area contributed by atoms with Crippen LogP contribution in [0.4, 0.5) is 0 Å². The summed E-state index contributed by atoms with van der Waals surface area (Å²) in [5, 5.41) is 10.4. The van der Waals surface area contributed by atoms with E-state index in [1.54, 1.807) is 0 Å². The zero-order valence-electron chi connectivity index (χ0n) is 11.2. The van der Waals surface area contributed by atoms with Gasteiger partial charge in [0.05, 0.1) is 6.61 Å². The first kappa shape index (κ1) is 12.6. The summed E-state index contributed by atoms with van der Waals surface area (Å²) in [6.07, 6.45) is 0. The summed E-state index contributed by atoms with van der Waals surface area (Å²) in [5.74, 6) is 1.36. The maximum atomic E-state index is 9.36. The Kier molecular flexibility index (Phi) is 3.35. The average Bonchev–Trinajstić information content (AvgIpc) is 2.48. The van der Waals surface area contributed by atoms with Crippen molar-refractivity contribution in [1.29, 1.82) is 0 Å². The van der Waals surface area contributed by atoms with Crippen LogP contribution in [0.3, 0.4) is 0 Å². The fourth-order valence-electron chi connectivity index (χ4n) is 2.15. The molecular formula is C17H15NO2. The van der Waals surface area contributed by atoms with Crippen molar-refractivity contribution in [2.75, 3.05) is 0 Å². The number of aryl methyl sites for hydroxylation is 1. The molecule has 3 heteroatoms. The molecule has 1 N–H and O–H groups in total. The zero-order valence-corrected chi connectivity index (χ0v) is 11.2. The van der Waals surface area contributed by atoms with Crippen LogP contribution in [-0.4, -0.2) is 10.1 Å². The molecule has 100 valence electrons. The maximum Gasteiger partial charge on any atom is 0.153 e. The van der Waals surface area contributed by atoms with Gasteiger partial charge in [-0.1, -0.05) is 36.4 Å². The van der Waals surface area contributed by atoms with Gasteiger partial charge in [0.25, 0.3) is 0 Å². The van der Waals surface area contributed by atoms with Crippen molar-refractivity contribution >= 4 is 10.9 Å². The largest absolute Gasteiger partial charge is 0.455 e. The number of rotatable bonds is 3. The standard InChI is InChI=1S/C17H15NO2/c1-12-9-10-13-6-4-8-16(17(13)18-12)20-15-7-3-2-5-14(15)11-19/h2-10,19H,11H2,1H3. The van der Waals surface area contributed by atoms with Crippen molar-refractivity contribution in [3.63, 3.8) is 0 Å². The third-order valence-corrected chi connectivity index (χ3v) is 3.19. The molecule has 0 saturated heterocycles. The molecule has 0 aliphatic carbocycles. The van der Waals surface area contributed by atoms with Gasteiger partial charge in [-0.05, 0) is 25.1 Å². The Labute approximate surface area is 117 Å². The zero-order chi connectivity index (χ0) is 13.9. The van der Waals surface area contributed by atoms with Gasteiger partial charge in [-0.15, -0.1) is 0 Å². The van der Waals surface area contributed by atoms with Crippen LogP contribution in [0.25, 0.3) is 10.9 Å². The molecule has 0 amide bonds. The monoisotopic (exact) mass is 265 g/mol. The SMILES string of the molecule is Cc1ccc2cccc(Oc3ccccc3CO)c2n1. The molecule has 0 aliphatic heterocycles. The second kappa shape index (κ2) is 5.31. The normalized spacial score (nSPS) is 10.7. The number of ether oxygens (including phenoxy) is 1. The number of aliphatic hydroxyl groups is 1. The number of fused-ring (bicyclic) bond motifs is 1. The lowest BCUT2D eigenvalue weighted by molar-refractivity contribution is 0.276. The van der Waals surface area contributed by atoms with Crippen LogP contribution in [0.2, 0.25) is 0 Å². The molecule has 0 radical (unpaired) electrons. The first-order valence-corrected chi connectivity index (χ1v) is 6.51.